The third-order valence-electron chi connectivity index (χ3n) is 1.73. The zero-order valence-corrected chi connectivity index (χ0v) is 8.84. The molecule has 3 heteroatoms. The minimum absolute atomic E-state index is 0.155. The Morgan fingerprint density at radius 3 is 2.62 bits per heavy atom. The predicted octanol–water partition coefficient (Wildman–Crippen LogP) is 1.55. The van der Waals surface area contributed by atoms with Crippen molar-refractivity contribution < 1.29 is 4.74 Å². The molecule has 0 aromatic heterocycles. The lowest BCUT2D eigenvalue weighted by Crippen LogP contribution is -2.32. The largest absolute Gasteiger partial charge is 0.379 e. The second kappa shape index (κ2) is 8.03. The van der Waals surface area contributed by atoms with E-state index in [9.17, 15) is 0 Å². The van der Waals surface area contributed by atoms with Gasteiger partial charge in [-0.15, -0.1) is 0 Å². The van der Waals surface area contributed by atoms with Crippen LogP contribution in [-0.2, 0) is 4.74 Å². The maximum atomic E-state index is 8.67. The molecule has 0 saturated carbocycles. The number of nitrogens with one attached hydrogen (secondary N) is 1. The Morgan fingerprint density at radius 2 is 2.15 bits per heavy atom. The molecule has 0 radical (unpaired) electrons. The van der Waals surface area contributed by atoms with Crippen LogP contribution in [0.15, 0.2) is 0 Å². The Morgan fingerprint density at radius 1 is 1.46 bits per heavy atom. The number of ether oxygens (including phenoxy) is 1. The Labute approximate surface area is 81.1 Å². The lowest BCUT2D eigenvalue weighted by molar-refractivity contribution is 0.114. The summed E-state index contributed by atoms with van der Waals surface area (Å²) in [6.45, 7) is 8.37. The Bertz CT molecular complexity index is 151. The molecular weight excluding hydrogens is 164 g/mol. The fourth-order valence-corrected chi connectivity index (χ4v) is 0.908. The van der Waals surface area contributed by atoms with Crippen LogP contribution in [0.2, 0.25) is 0 Å². The first kappa shape index (κ1) is 12.4. The van der Waals surface area contributed by atoms with E-state index in [2.05, 4.69) is 25.2 Å². The zero-order chi connectivity index (χ0) is 10.1. The molecule has 0 aliphatic rings. The van der Waals surface area contributed by atoms with Crippen LogP contribution in [0.5, 0.6) is 0 Å². The molecule has 0 aromatic carbocycles. The number of rotatable bonds is 7. The SMILES string of the molecule is CCNC(C#N)COCCC(C)C. The normalized spacial score (nSPS) is 12.8. The average Bonchev–Trinajstić information content (AvgIpc) is 2.10. The summed E-state index contributed by atoms with van der Waals surface area (Å²) in [5.41, 5.74) is 0. The molecule has 0 amide bonds. The van der Waals surface area contributed by atoms with Gasteiger partial charge in [0.15, 0.2) is 0 Å². The lowest BCUT2D eigenvalue weighted by Gasteiger charge is -2.11. The number of nitrogens with zero attached hydrogens (tertiary/aromatic N) is 1. The van der Waals surface area contributed by atoms with Crippen LogP contribution in [-0.4, -0.2) is 25.8 Å². The van der Waals surface area contributed by atoms with Crippen molar-refractivity contribution in [3.8, 4) is 6.07 Å². The molecule has 0 rings (SSSR count). The van der Waals surface area contributed by atoms with Crippen molar-refractivity contribution in [2.75, 3.05) is 19.8 Å². The van der Waals surface area contributed by atoms with Gasteiger partial charge in [0, 0.05) is 6.61 Å². The monoisotopic (exact) mass is 184 g/mol. The number of likely N-dealkylation sites (N-methyl/N-ethyl adjacent to an activating group) is 1. The molecule has 0 aliphatic heterocycles. The van der Waals surface area contributed by atoms with Gasteiger partial charge in [-0.25, -0.2) is 0 Å². The maximum absolute atomic E-state index is 8.67. The smallest absolute Gasteiger partial charge is 0.119 e. The van der Waals surface area contributed by atoms with Gasteiger partial charge in [0.2, 0.25) is 0 Å². The summed E-state index contributed by atoms with van der Waals surface area (Å²) in [6, 6.07) is 2.00. The van der Waals surface area contributed by atoms with Crippen LogP contribution < -0.4 is 5.32 Å². The van der Waals surface area contributed by atoms with Crippen LogP contribution >= 0.6 is 0 Å². The third kappa shape index (κ3) is 7.76. The van der Waals surface area contributed by atoms with Gasteiger partial charge < -0.3 is 10.1 Å². The van der Waals surface area contributed by atoms with E-state index < -0.39 is 0 Å². The van der Waals surface area contributed by atoms with E-state index in [-0.39, 0.29) is 6.04 Å². The van der Waals surface area contributed by atoms with Gasteiger partial charge >= 0.3 is 0 Å². The molecule has 0 spiro atoms. The molecule has 1 N–H and O–H groups in total. The Balaban J connectivity index is 3.34. The second-order valence-electron chi connectivity index (χ2n) is 3.50. The van der Waals surface area contributed by atoms with Crippen molar-refractivity contribution in [3.05, 3.63) is 0 Å². The molecule has 13 heavy (non-hydrogen) atoms. The van der Waals surface area contributed by atoms with Crippen molar-refractivity contribution in [2.24, 2.45) is 5.92 Å². The highest BCUT2D eigenvalue weighted by Gasteiger charge is 2.04. The summed E-state index contributed by atoms with van der Waals surface area (Å²) >= 11 is 0. The molecule has 0 saturated heterocycles. The quantitative estimate of drug-likeness (QED) is 0.611. The molecule has 0 bridgehead atoms. The first-order chi connectivity index (χ1) is 6.20. The van der Waals surface area contributed by atoms with E-state index >= 15 is 0 Å². The minimum Gasteiger partial charge on any atom is -0.379 e. The van der Waals surface area contributed by atoms with Crippen LogP contribution in [0.4, 0.5) is 0 Å². The summed E-state index contributed by atoms with van der Waals surface area (Å²) in [5.74, 6) is 0.666. The summed E-state index contributed by atoms with van der Waals surface area (Å²) < 4.78 is 5.37. The summed E-state index contributed by atoms with van der Waals surface area (Å²) in [4.78, 5) is 0. The second-order valence-corrected chi connectivity index (χ2v) is 3.50. The minimum atomic E-state index is -0.155. The number of hydrogen-bond acceptors (Lipinski definition) is 3. The van der Waals surface area contributed by atoms with Crippen molar-refractivity contribution in [3.63, 3.8) is 0 Å². The zero-order valence-electron chi connectivity index (χ0n) is 8.84. The summed E-state index contributed by atoms with van der Waals surface area (Å²) in [5, 5.41) is 11.7. The average molecular weight is 184 g/mol. The van der Waals surface area contributed by atoms with Gasteiger partial charge in [0.05, 0.1) is 12.7 Å². The molecule has 3 nitrogen and oxygen atoms in total. The van der Waals surface area contributed by atoms with Crippen molar-refractivity contribution in [1.82, 2.24) is 5.32 Å². The predicted molar refractivity (Wildman–Crippen MR) is 53.4 cm³/mol. The first-order valence-electron chi connectivity index (χ1n) is 4.91. The maximum Gasteiger partial charge on any atom is 0.119 e. The van der Waals surface area contributed by atoms with Crippen LogP contribution in [0.3, 0.4) is 0 Å². The van der Waals surface area contributed by atoms with E-state index in [4.69, 9.17) is 10.00 Å². The Hall–Kier alpha value is -0.590. The highest BCUT2D eigenvalue weighted by Crippen LogP contribution is 1.99. The number of nitriles is 1. The lowest BCUT2D eigenvalue weighted by atomic mass is 10.1. The first-order valence-corrected chi connectivity index (χ1v) is 4.91. The van der Waals surface area contributed by atoms with Gasteiger partial charge in [0.25, 0.3) is 0 Å². The molecule has 0 heterocycles. The number of hydrogen-bond donors (Lipinski definition) is 1. The molecular formula is C10H20N2O. The van der Waals surface area contributed by atoms with E-state index in [0.29, 0.717) is 12.5 Å². The highest BCUT2D eigenvalue weighted by molar-refractivity contribution is 4.88. The van der Waals surface area contributed by atoms with E-state index in [1.165, 1.54) is 0 Å². The van der Waals surface area contributed by atoms with Gasteiger partial charge in [-0.1, -0.05) is 20.8 Å². The van der Waals surface area contributed by atoms with E-state index in [1.807, 2.05) is 6.92 Å². The molecule has 0 fully saturated rings. The molecule has 0 aliphatic carbocycles. The molecule has 1 unspecified atom stereocenters. The van der Waals surface area contributed by atoms with E-state index in [1.54, 1.807) is 0 Å². The van der Waals surface area contributed by atoms with Crippen LogP contribution in [0.25, 0.3) is 0 Å². The molecule has 1 atom stereocenters. The summed E-state index contributed by atoms with van der Waals surface area (Å²) in [6.07, 6.45) is 1.06. The Kier molecular flexibility index (Phi) is 7.66. The van der Waals surface area contributed by atoms with Gasteiger partial charge in [0.1, 0.15) is 6.04 Å². The van der Waals surface area contributed by atoms with Crippen molar-refractivity contribution in [2.45, 2.75) is 33.2 Å². The van der Waals surface area contributed by atoms with Crippen molar-refractivity contribution in [1.29, 1.82) is 5.26 Å². The van der Waals surface area contributed by atoms with Gasteiger partial charge in [-0.2, -0.15) is 5.26 Å². The van der Waals surface area contributed by atoms with Crippen LogP contribution in [0.1, 0.15) is 27.2 Å². The van der Waals surface area contributed by atoms with E-state index in [0.717, 1.165) is 19.6 Å². The fraction of sp³-hybridized carbons (Fsp3) is 0.900. The van der Waals surface area contributed by atoms with Crippen molar-refractivity contribution >= 4 is 0 Å². The molecule has 0 aromatic rings. The van der Waals surface area contributed by atoms with Gasteiger partial charge in [-0.05, 0) is 18.9 Å². The highest BCUT2D eigenvalue weighted by atomic mass is 16.5. The standard InChI is InChI=1S/C10H20N2O/c1-4-12-10(7-11)8-13-6-5-9(2)3/h9-10,12H,4-6,8H2,1-3H3. The van der Waals surface area contributed by atoms with Gasteiger partial charge in [-0.3, -0.25) is 0 Å². The van der Waals surface area contributed by atoms with Crippen LogP contribution in [0, 0.1) is 17.2 Å². The fourth-order valence-electron chi connectivity index (χ4n) is 0.908. The molecule has 76 valence electrons. The third-order valence-corrected chi connectivity index (χ3v) is 1.73. The topological polar surface area (TPSA) is 45.0 Å². The summed E-state index contributed by atoms with van der Waals surface area (Å²) in [7, 11) is 0.